The standard InChI is InChI=1S/C18H19IN2OS/c19-17-4-2-1-3-16(17)18(22)20-13-14-5-7-15(8-6-14)21-9-11-23-12-10-21/h1-8H,9-13H2,(H,20,22). The molecular weight excluding hydrogens is 419 g/mol. The Kier molecular flexibility index (Phi) is 5.83. The molecule has 1 heterocycles. The Morgan fingerprint density at radius 1 is 1.09 bits per heavy atom. The molecule has 0 unspecified atom stereocenters. The number of benzene rings is 2. The van der Waals surface area contributed by atoms with Crippen LogP contribution >= 0.6 is 34.4 Å². The molecule has 0 bridgehead atoms. The number of rotatable bonds is 4. The molecule has 3 nitrogen and oxygen atoms in total. The molecule has 3 rings (SSSR count). The number of hydrogen-bond acceptors (Lipinski definition) is 3. The lowest BCUT2D eigenvalue weighted by Gasteiger charge is -2.28. The van der Waals surface area contributed by atoms with E-state index < -0.39 is 0 Å². The summed E-state index contributed by atoms with van der Waals surface area (Å²) < 4.78 is 0.973. The number of thioether (sulfide) groups is 1. The van der Waals surface area contributed by atoms with Crippen LogP contribution in [0.15, 0.2) is 48.5 Å². The molecular formula is C18H19IN2OS. The first-order valence-electron chi connectivity index (χ1n) is 7.68. The molecule has 5 heteroatoms. The lowest BCUT2D eigenvalue weighted by molar-refractivity contribution is 0.0950. The Bertz CT molecular complexity index is 669. The molecule has 2 aromatic carbocycles. The second-order valence-electron chi connectivity index (χ2n) is 5.43. The van der Waals surface area contributed by atoms with Crippen LogP contribution < -0.4 is 10.2 Å². The van der Waals surface area contributed by atoms with Gasteiger partial charge in [-0.15, -0.1) is 0 Å². The summed E-state index contributed by atoms with van der Waals surface area (Å²) in [4.78, 5) is 14.6. The molecule has 0 saturated carbocycles. The minimum absolute atomic E-state index is 0.0212. The topological polar surface area (TPSA) is 32.3 Å². The molecule has 1 saturated heterocycles. The van der Waals surface area contributed by atoms with Crippen LogP contribution in [0.4, 0.5) is 5.69 Å². The molecule has 1 N–H and O–H groups in total. The summed E-state index contributed by atoms with van der Waals surface area (Å²) >= 11 is 4.21. The van der Waals surface area contributed by atoms with Gasteiger partial charge >= 0.3 is 0 Å². The molecule has 1 amide bonds. The second-order valence-corrected chi connectivity index (χ2v) is 7.82. The summed E-state index contributed by atoms with van der Waals surface area (Å²) in [7, 11) is 0. The quantitative estimate of drug-likeness (QED) is 0.738. The third kappa shape index (κ3) is 4.41. The predicted molar refractivity (Wildman–Crippen MR) is 106 cm³/mol. The van der Waals surface area contributed by atoms with Gasteiger partial charge in [0.2, 0.25) is 0 Å². The Balaban J connectivity index is 1.58. The van der Waals surface area contributed by atoms with Gasteiger partial charge in [-0.05, 0) is 52.4 Å². The zero-order valence-electron chi connectivity index (χ0n) is 12.8. The zero-order chi connectivity index (χ0) is 16.1. The maximum absolute atomic E-state index is 12.2. The zero-order valence-corrected chi connectivity index (χ0v) is 15.8. The van der Waals surface area contributed by atoms with Gasteiger partial charge in [-0.3, -0.25) is 4.79 Å². The lowest BCUT2D eigenvalue weighted by atomic mass is 10.1. The maximum Gasteiger partial charge on any atom is 0.252 e. The molecule has 2 aromatic rings. The van der Waals surface area contributed by atoms with Crippen molar-refractivity contribution in [2.75, 3.05) is 29.5 Å². The fourth-order valence-corrected chi connectivity index (χ4v) is 4.10. The van der Waals surface area contributed by atoms with Gasteiger partial charge in [0.15, 0.2) is 0 Å². The summed E-state index contributed by atoms with van der Waals surface area (Å²) in [6.45, 7) is 2.79. The molecule has 0 radical (unpaired) electrons. The number of anilines is 1. The molecule has 0 aromatic heterocycles. The first-order valence-corrected chi connectivity index (χ1v) is 9.92. The van der Waals surface area contributed by atoms with E-state index in [9.17, 15) is 4.79 Å². The van der Waals surface area contributed by atoms with Crippen LogP contribution in [-0.2, 0) is 6.54 Å². The van der Waals surface area contributed by atoms with E-state index in [4.69, 9.17) is 0 Å². The largest absolute Gasteiger partial charge is 0.370 e. The lowest BCUT2D eigenvalue weighted by Crippen LogP contribution is -2.32. The van der Waals surface area contributed by atoms with Crippen molar-refractivity contribution in [1.82, 2.24) is 5.32 Å². The van der Waals surface area contributed by atoms with E-state index in [0.29, 0.717) is 6.54 Å². The van der Waals surface area contributed by atoms with Crippen LogP contribution in [0.3, 0.4) is 0 Å². The van der Waals surface area contributed by atoms with Crippen LogP contribution in [0.5, 0.6) is 0 Å². The van der Waals surface area contributed by atoms with Gasteiger partial charge in [0.25, 0.3) is 5.91 Å². The molecule has 0 spiro atoms. The smallest absolute Gasteiger partial charge is 0.252 e. The number of carbonyl (C=O) groups excluding carboxylic acids is 1. The first-order chi connectivity index (χ1) is 11.2. The highest BCUT2D eigenvalue weighted by Gasteiger charge is 2.11. The molecule has 1 aliphatic heterocycles. The van der Waals surface area contributed by atoms with Gasteiger partial charge < -0.3 is 10.2 Å². The van der Waals surface area contributed by atoms with Crippen LogP contribution in [-0.4, -0.2) is 30.5 Å². The molecule has 23 heavy (non-hydrogen) atoms. The van der Waals surface area contributed by atoms with Crippen molar-refractivity contribution in [2.45, 2.75) is 6.54 Å². The van der Waals surface area contributed by atoms with E-state index in [0.717, 1.165) is 27.8 Å². The highest BCUT2D eigenvalue weighted by atomic mass is 127. The van der Waals surface area contributed by atoms with Gasteiger partial charge in [0, 0.05) is 40.4 Å². The van der Waals surface area contributed by atoms with Crippen molar-refractivity contribution >= 4 is 45.9 Å². The molecule has 120 valence electrons. The van der Waals surface area contributed by atoms with Crippen molar-refractivity contribution in [2.24, 2.45) is 0 Å². The number of hydrogen-bond donors (Lipinski definition) is 1. The van der Waals surface area contributed by atoms with Crippen LogP contribution in [0.2, 0.25) is 0 Å². The van der Waals surface area contributed by atoms with Crippen LogP contribution in [0, 0.1) is 3.57 Å². The van der Waals surface area contributed by atoms with Crippen molar-refractivity contribution in [1.29, 1.82) is 0 Å². The minimum atomic E-state index is -0.0212. The molecule has 1 aliphatic rings. The van der Waals surface area contributed by atoms with Crippen molar-refractivity contribution in [3.8, 4) is 0 Å². The average molecular weight is 438 g/mol. The maximum atomic E-state index is 12.2. The number of nitrogens with one attached hydrogen (secondary N) is 1. The third-order valence-corrected chi connectivity index (χ3v) is 5.77. The average Bonchev–Trinajstić information content (AvgIpc) is 2.61. The number of nitrogens with zero attached hydrogens (tertiary/aromatic N) is 1. The first kappa shape index (κ1) is 16.6. The Morgan fingerprint density at radius 2 is 1.78 bits per heavy atom. The van der Waals surface area contributed by atoms with E-state index >= 15 is 0 Å². The predicted octanol–water partition coefficient (Wildman–Crippen LogP) is 3.77. The van der Waals surface area contributed by atoms with Gasteiger partial charge in [-0.25, -0.2) is 0 Å². The number of amides is 1. The normalized spacial score (nSPS) is 14.6. The van der Waals surface area contributed by atoms with Crippen LogP contribution in [0.25, 0.3) is 0 Å². The highest BCUT2D eigenvalue weighted by Crippen LogP contribution is 2.20. The summed E-state index contributed by atoms with van der Waals surface area (Å²) in [5.74, 6) is 2.38. The third-order valence-electron chi connectivity index (χ3n) is 3.88. The van der Waals surface area contributed by atoms with Gasteiger partial charge in [0.1, 0.15) is 0 Å². The van der Waals surface area contributed by atoms with E-state index in [1.165, 1.54) is 17.2 Å². The summed E-state index contributed by atoms with van der Waals surface area (Å²) in [6.07, 6.45) is 0. The summed E-state index contributed by atoms with van der Waals surface area (Å²) in [5.41, 5.74) is 3.13. The number of carbonyl (C=O) groups is 1. The molecule has 1 fully saturated rings. The fraction of sp³-hybridized carbons (Fsp3) is 0.278. The monoisotopic (exact) mass is 438 g/mol. The van der Waals surface area contributed by atoms with Crippen molar-refractivity contribution in [3.05, 3.63) is 63.2 Å². The Morgan fingerprint density at radius 3 is 2.48 bits per heavy atom. The van der Waals surface area contributed by atoms with Crippen LogP contribution in [0.1, 0.15) is 15.9 Å². The van der Waals surface area contributed by atoms with E-state index in [2.05, 4.69) is 57.1 Å². The summed E-state index contributed by atoms with van der Waals surface area (Å²) in [5, 5.41) is 2.99. The van der Waals surface area contributed by atoms with Gasteiger partial charge in [0.05, 0.1) is 5.56 Å². The van der Waals surface area contributed by atoms with Crippen molar-refractivity contribution < 1.29 is 4.79 Å². The Hall–Kier alpha value is -1.21. The molecule has 0 aliphatic carbocycles. The fourth-order valence-electron chi connectivity index (χ4n) is 2.57. The second kappa shape index (κ2) is 8.06. The van der Waals surface area contributed by atoms with E-state index in [-0.39, 0.29) is 5.91 Å². The molecule has 0 atom stereocenters. The Labute approximate surface area is 155 Å². The SMILES string of the molecule is O=C(NCc1ccc(N2CCSCC2)cc1)c1ccccc1I. The number of halogens is 1. The van der Waals surface area contributed by atoms with Gasteiger partial charge in [-0.1, -0.05) is 24.3 Å². The highest BCUT2D eigenvalue weighted by molar-refractivity contribution is 14.1. The summed E-state index contributed by atoms with van der Waals surface area (Å²) in [6, 6.07) is 16.2. The van der Waals surface area contributed by atoms with Gasteiger partial charge in [-0.2, -0.15) is 11.8 Å². The minimum Gasteiger partial charge on any atom is -0.370 e. The van der Waals surface area contributed by atoms with Crippen molar-refractivity contribution in [3.63, 3.8) is 0 Å². The van der Waals surface area contributed by atoms with E-state index in [1.807, 2.05) is 36.0 Å². The van der Waals surface area contributed by atoms with E-state index in [1.54, 1.807) is 0 Å².